The van der Waals surface area contributed by atoms with Crippen molar-refractivity contribution in [1.29, 1.82) is 0 Å². The van der Waals surface area contributed by atoms with Crippen LogP contribution in [0.4, 0.5) is 74.6 Å². The number of nitrogens with zero attached hydrogens (tertiary/aromatic N) is 1. The fourth-order valence-corrected chi connectivity index (χ4v) is 2.66. The predicted octanol–water partition coefficient (Wildman–Crippen LogP) is 5.25. The lowest BCUT2D eigenvalue weighted by Gasteiger charge is -2.42. The van der Waals surface area contributed by atoms with E-state index in [1.807, 2.05) is 0 Å². The summed E-state index contributed by atoms with van der Waals surface area (Å²) in [4.78, 5) is 14.5. The van der Waals surface area contributed by atoms with Gasteiger partial charge in [0.2, 0.25) is 0 Å². The molecular weight excluding hydrogens is 589 g/mol. The highest BCUT2D eigenvalue weighted by Crippen LogP contribution is 2.64. The first kappa shape index (κ1) is 33.9. The molecule has 0 bridgehead atoms. The van der Waals surface area contributed by atoms with Crippen molar-refractivity contribution < 1.29 is 92.7 Å². The van der Waals surface area contributed by atoms with E-state index < -0.39 is 80.0 Å². The van der Waals surface area contributed by atoms with Crippen molar-refractivity contribution in [2.75, 3.05) is 7.05 Å². The van der Waals surface area contributed by atoms with Gasteiger partial charge in [-0.25, -0.2) is 13.2 Å². The zero-order valence-corrected chi connectivity index (χ0v) is 17.4. The fourth-order valence-electron chi connectivity index (χ4n) is 1.72. The third-order valence-corrected chi connectivity index (χ3v) is 5.57. The largest absolute Gasteiger partial charge is 0.460 e. The van der Waals surface area contributed by atoms with Gasteiger partial charge in [0.1, 0.15) is 0 Å². The average molecular weight is 597 g/mol. The summed E-state index contributed by atoms with van der Waals surface area (Å²) in [7, 11) is -8.16. The molecule has 0 heterocycles. The molecule has 5 nitrogen and oxygen atoms in total. The molecule has 0 aromatic carbocycles. The average Bonchev–Trinajstić information content (AvgIpc) is 2.65. The molecular formula is C13H8F17NO4S. The summed E-state index contributed by atoms with van der Waals surface area (Å²) in [5.74, 6) is -54.4. The smallest absolute Gasteiger partial charge is 0.349 e. The summed E-state index contributed by atoms with van der Waals surface area (Å²) in [6, 6.07) is 0. The first-order chi connectivity index (χ1) is 15.2. The summed E-state index contributed by atoms with van der Waals surface area (Å²) in [5.41, 5.74) is -0.906. The highest BCUT2D eigenvalue weighted by molar-refractivity contribution is 7.90. The Morgan fingerprint density at radius 1 is 0.639 bits per heavy atom. The van der Waals surface area contributed by atoms with Gasteiger partial charge >= 0.3 is 63.0 Å². The third-order valence-electron chi connectivity index (χ3n) is 3.92. The van der Waals surface area contributed by atoms with Crippen LogP contribution >= 0.6 is 0 Å². The van der Waals surface area contributed by atoms with E-state index in [1.165, 1.54) is 0 Å². The lowest BCUT2D eigenvalue weighted by Crippen LogP contribution is -2.75. The van der Waals surface area contributed by atoms with E-state index in [1.54, 1.807) is 0 Å². The topological polar surface area (TPSA) is 63.7 Å². The molecule has 0 aliphatic carbocycles. The van der Waals surface area contributed by atoms with Gasteiger partial charge in [-0.2, -0.15) is 74.6 Å². The fraction of sp³-hybridized carbons (Fsp3) is 0.769. The van der Waals surface area contributed by atoms with Crippen LogP contribution in [0.5, 0.6) is 0 Å². The molecule has 0 unspecified atom stereocenters. The van der Waals surface area contributed by atoms with Gasteiger partial charge in [-0.1, -0.05) is 6.58 Å². The molecule has 0 aliphatic heterocycles. The predicted molar refractivity (Wildman–Crippen MR) is 78.3 cm³/mol. The third kappa shape index (κ3) is 4.34. The number of hydrogen-bond donors (Lipinski definition) is 0. The Labute approximate surface area is 187 Å². The van der Waals surface area contributed by atoms with E-state index in [9.17, 15) is 87.8 Å². The molecule has 36 heavy (non-hydrogen) atoms. The first-order valence-electron chi connectivity index (χ1n) is 7.82. The van der Waals surface area contributed by atoms with Gasteiger partial charge in [0.15, 0.2) is 0 Å². The maximum Gasteiger partial charge on any atom is 0.460 e. The molecule has 0 amide bonds. The van der Waals surface area contributed by atoms with Gasteiger partial charge < -0.3 is 4.84 Å². The molecule has 0 atom stereocenters. The van der Waals surface area contributed by atoms with Crippen molar-refractivity contribution in [2.45, 2.75) is 53.9 Å². The lowest BCUT2D eigenvalue weighted by atomic mass is 9.91. The Morgan fingerprint density at radius 2 is 0.917 bits per heavy atom. The van der Waals surface area contributed by atoms with Crippen molar-refractivity contribution in [2.24, 2.45) is 0 Å². The number of hydroxylamine groups is 1. The zero-order chi connectivity index (χ0) is 29.9. The van der Waals surface area contributed by atoms with Crippen LogP contribution in [-0.4, -0.2) is 72.9 Å². The molecule has 214 valence electrons. The number of rotatable bonds is 10. The minimum Gasteiger partial charge on any atom is -0.349 e. The SMILES string of the molecule is C=C(C)C(=O)ON(C)S(=O)(=O)C(F)(F)C(F)(F)C(F)(F)C(F)(F)C(F)(F)C(F)(F)C(F)(F)C(F)(F)F. The van der Waals surface area contributed by atoms with E-state index in [0.717, 1.165) is 0 Å². The van der Waals surface area contributed by atoms with Crippen molar-refractivity contribution in [3.05, 3.63) is 12.2 Å². The highest BCUT2D eigenvalue weighted by atomic mass is 32.2. The van der Waals surface area contributed by atoms with E-state index in [0.29, 0.717) is 6.92 Å². The highest BCUT2D eigenvalue weighted by Gasteiger charge is 2.96. The zero-order valence-electron chi connectivity index (χ0n) is 16.6. The molecule has 0 aliphatic rings. The van der Waals surface area contributed by atoms with Crippen molar-refractivity contribution in [3.8, 4) is 0 Å². The normalized spacial score (nSPS) is 15.8. The van der Waals surface area contributed by atoms with Crippen LogP contribution in [0.2, 0.25) is 0 Å². The molecule has 23 heteroatoms. The molecule has 0 aromatic heterocycles. The van der Waals surface area contributed by atoms with E-state index in [4.69, 9.17) is 0 Å². The molecule has 0 fully saturated rings. The summed E-state index contributed by atoms with van der Waals surface area (Å²) < 4.78 is 245. The maximum absolute atomic E-state index is 13.8. The minimum absolute atomic E-state index is 0.455. The van der Waals surface area contributed by atoms with Crippen LogP contribution in [0.3, 0.4) is 0 Å². The van der Waals surface area contributed by atoms with Crippen LogP contribution in [0, 0.1) is 0 Å². The van der Waals surface area contributed by atoms with Crippen molar-refractivity contribution in [1.82, 2.24) is 4.47 Å². The van der Waals surface area contributed by atoms with Crippen LogP contribution in [0.1, 0.15) is 6.92 Å². The summed E-state index contributed by atoms with van der Waals surface area (Å²) in [6.45, 7) is 3.36. The molecule has 0 saturated carbocycles. The Bertz CT molecular complexity index is 985. The Kier molecular flexibility index (Phi) is 8.25. The van der Waals surface area contributed by atoms with Gasteiger partial charge in [0.05, 0.1) is 0 Å². The first-order valence-corrected chi connectivity index (χ1v) is 9.26. The van der Waals surface area contributed by atoms with E-state index >= 15 is 0 Å². The standard InChI is InChI=1S/C13H8F17NO4S/c1-4(2)5(32)35-31(3)36(33,34)13(29,30)11(24,25)9(20,21)7(16,17)6(14,15)8(18,19)10(22,23)12(26,27)28/h1H2,2-3H3. The van der Waals surface area contributed by atoms with Crippen LogP contribution in [0.15, 0.2) is 12.2 Å². The van der Waals surface area contributed by atoms with E-state index in [2.05, 4.69) is 11.4 Å². The minimum atomic E-state index is -8.95. The van der Waals surface area contributed by atoms with E-state index in [-0.39, 0.29) is 0 Å². The summed E-state index contributed by atoms with van der Waals surface area (Å²) in [5, 5.41) is -7.82. The van der Waals surface area contributed by atoms with Gasteiger partial charge in [-0.05, 0) is 11.4 Å². The monoisotopic (exact) mass is 597 g/mol. The second-order valence-corrected chi connectivity index (χ2v) is 8.51. The number of alkyl halides is 17. The Morgan fingerprint density at radius 3 is 1.19 bits per heavy atom. The number of carbonyl (C=O) groups excluding carboxylic acids is 1. The molecule has 0 aromatic rings. The number of halogens is 17. The molecule has 0 spiro atoms. The second kappa shape index (κ2) is 8.75. The Hall–Kier alpha value is -2.07. The Balaban J connectivity index is 6.95. The number of carbonyl (C=O) groups is 1. The number of hydrogen-bond acceptors (Lipinski definition) is 4. The van der Waals surface area contributed by atoms with Crippen molar-refractivity contribution >= 4 is 16.0 Å². The van der Waals surface area contributed by atoms with Crippen LogP contribution in [-0.2, 0) is 19.7 Å². The molecule has 0 radical (unpaired) electrons. The van der Waals surface area contributed by atoms with Gasteiger partial charge in [0, 0.05) is 12.6 Å². The molecule has 0 rings (SSSR count). The van der Waals surface area contributed by atoms with Crippen LogP contribution in [0.25, 0.3) is 0 Å². The summed E-state index contributed by atoms with van der Waals surface area (Å²) >= 11 is 0. The van der Waals surface area contributed by atoms with Gasteiger partial charge in [0.25, 0.3) is 0 Å². The van der Waals surface area contributed by atoms with Crippen LogP contribution < -0.4 is 0 Å². The quantitative estimate of drug-likeness (QED) is 0.196. The van der Waals surface area contributed by atoms with Gasteiger partial charge in [-0.15, -0.1) is 0 Å². The molecule has 0 saturated heterocycles. The summed E-state index contributed by atoms with van der Waals surface area (Å²) in [6.07, 6.45) is -7.92. The van der Waals surface area contributed by atoms with Crippen molar-refractivity contribution in [3.63, 3.8) is 0 Å². The number of sulfonamides is 1. The molecule has 0 N–H and O–H groups in total. The maximum atomic E-state index is 13.8. The van der Waals surface area contributed by atoms with Gasteiger partial charge in [-0.3, -0.25) is 0 Å². The second-order valence-electron chi connectivity index (χ2n) is 6.53. The lowest BCUT2D eigenvalue weighted by molar-refractivity contribution is -0.458.